The number of nitrogens with zero attached hydrogens (tertiary/aromatic N) is 2. The number of carboxylic acids is 1. The van der Waals surface area contributed by atoms with Crippen molar-refractivity contribution in [2.24, 2.45) is 0 Å². The van der Waals surface area contributed by atoms with Gasteiger partial charge >= 0.3 is 5.97 Å². The Labute approximate surface area is 127 Å². The molecule has 0 saturated heterocycles. The van der Waals surface area contributed by atoms with Gasteiger partial charge in [0.1, 0.15) is 4.88 Å². The van der Waals surface area contributed by atoms with Gasteiger partial charge in [-0.15, -0.1) is 0 Å². The fourth-order valence-corrected chi connectivity index (χ4v) is 2.97. The number of ether oxygens (including phenoxy) is 1. The molecule has 0 radical (unpaired) electrons. The van der Waals surface area contributed by atoms with Crippen LogP contribution in [0.5, 0.6) is 0 Å². The van der Waals surface area contributed by atoms with E-state index in [1.54, 1.807) is 0 Å². The third-order valence-corrected chi connectivity index (χ3v) is 4.18. The molecule has 0 spiro atoms. The van der Waals surface area contributed by atoms with Crippen LogP contribution in [-0.2, 0) is 17.9 Å². The van der Waals surface area contributed by atoms with Gasteiger partial charge in [-0.1, -0.05) is 41.7 Å². The smallest absolute Gasteiger partial charge is 0.347 e. The van der Waals surface area contributed by atoms with Gasteiger partial charge < -0.3 is 14.7 Å². The van der Waals surface area contributed by atoms with Crippen molar-refractivity contribution in [3.8, 4) is 0 Å². The Morgan fingerprint density at radius 1 is 1.38 bits per heavy atom. The number of benzene rings is 1. The number of methoxy groups -OCH3 is 1. The van der Waals surface area contributed by atoms with Crippen molar-refractivity contribution in [3.05, 3.63) is 46.5 Å². The molecule has 1 aromatic carbocycles. The molecule has 1 heterocycles. The predicted molar refractivity (Wildman–Crippen MR) is 83.0 cm³/mol. The number of rotatable bonds is 7. The average molecular weight is 306 g/mol. The van der Waals surface area contributed by atoms with Gasteiger partial charge in [-0.25, -0.2) is 9.78 Å². The van der Waals surface area contributed by atoms with E-state index in [-0.39, 0.29) is 11.5 Å². The normalized spacial score (nSPS) is 10.6. The number of carboxylic acid groups (broad SMARTS) is 1. The van der Waals surface area contributed by atoms with Gasteiger partial charge in [0.2, 0.25) is 0 Å². The van der Waals surface area contributed by atoms with Crippen molar-refractivity contribution >= 4 is 22.4 Å². The van der Waals surface area contributed by atoms with Crippen LogP contribution >= 0.6 is 11.3 Å². The van der Waals surface area contributed by atoms with Gasteiger partial charge in [-0.2, -0.15) is 0 Å². The van der Waals surface area contributed by atoms with E-state index in [0.29, 0.717) is 17.4 Å². The number of hydrogen-bond donors (Lipinski definition) is 1. The fourth-order valence-electron chi connectivity index (χ4n) is 1.99. The fraction of sp³-hybridized carbons (Fsp3) is 0.333. The van der Waals surface area contributed by atoms with Gasteiger partial charge in [0.25, 0.3) is 0 Å². The van der Waals surface area contributed by atoms with E-state index in [1.165, 1.54) is 24.0 Å². The van der Waals surface area contributed by atoms with Crippen molar-refractivity contribution in [1.29, 1.82) is 0 Å². The highest BCUT2D eigenvalue weighted by molar-refractivity contribution is 7.17. The van der Waals surface area contributed by atoms with E-state index in [0.717, 1.165) is 6.54 Å². The monoisotopic (exact) mass is 306 g/mol. The number of carbonyl (C=O) groups is 1. The zero-order valence-corrected chi connectivity index (χ0v) is 12.9. The molecule has 6 heteroatoms. The second-order valence-corrected chi connectivity index (χ2v) is 5.49. The summed E-state index contributed by atoms with van der Waals surface area (Å²) >= 11 is 1.19. The van der Waals surface area contributed by atoms with Crippen molar-refractivity contribution < 1.29 is 14.6 Å². The van der Waals surface area contributed by atoms with Crippen LogP contribution in [0.3, 0.4) is 0 Å². The zero-order chi connectivity index (χ0) is 15.2. The second-order valence-electron chi connectivity index (χ2n) is 4.51. The number of aromatic carboxylic acids is 1. The molecule has 5 nitrogen and oxygen atoms in total. The third kappa shape index (κ3) is 3.80. The summed E-state index contributed by atoms with van der Waals surface area (Å²) in [7, 11) is 1.53. The quantitative estimate of drug-likeness (QED) is 0.852. The molecule has 0 bridgehead atoms. The summed E-state index contributed by atoms with van der Waals surface area (Å²) in [6.45, 7) is 3.70. The first-order valence-electron chi connectivity index (χ1n) is 6.66. The van der Waals surface area contributed by atoms with Crippen molar-refractivity contribution in [2.75, 3.05) is 18.6 Å². The molecule has 2 rings (SSSR count). The Hall–Kier alpha value is -1.92. The summed E-state index contributed by atoms with van der Waals surface area (Å²) in [6.07, 6.45) is 0. The lowest BCUT2D eigenvalue weighted by Gasteiger charge is -2.19. The molecule has 112 valence electrons. The standard InChI is InChI=1S/C15H18N2O3S/c1-3-17(9-11-7-5-4-6-8-11)15-16-12(10-20-2)13(21-15)14(18)19/h4-8H,3,9-10H2,1-2H3,(H,18,19). The number of anilines is 1. The minimum Gasteiger partial charge on any atom is -0.477 e. The first-order chi connectivity index (χ1) is 10.2. The highest BCUT2D eigenvalue weighted by Crippen LogP contribution is 2.28. The molecule has 0 unspecified atom stereocenters. The van der Waals surface area contributed by atoms with E-state index in [4.69, 9.17) is 4.74 Å². The summed E-state index contributed by atoms with van der Waals surface area (Å²) in [4.78, 5) is 18.0. The maximum atomic E-state index is 11.3. The molecular formula is C15H18N2O3S. The summed E-state index contributed by atoms with van der Waals surface area (Å²) in [5, 5.41) is 9.96. The predicted octanol–water partition coefficient (Wildman–Crippen LogP) is 3.01. The van der Waals surface area contributed by atoms with Gasteiger partial charge in [0.15, 0.2) is 5.13 Å². The Bertz CT molecular complexity index is 598. The SMILES string of the molecule is CCN(Cc1ccccc1)c1nc(COC)c(C(=O)O)s1. The highest BCUT2D eigenvalue weighted by atomic mass is 32.1. The lowest BCUT2D eigenvalue weighted by molar-refractivity contribution is 0.0697. The largest absolute Gasteiger partial charge is 0.477 e. The van der Waals surface area contributed by atoms with Gasteiger partial charge in [-0.05, 0) is 12.5 Å². The Kier molecular flexibility index (Phi) is 5.30. The first-order valence-corrected chi connectivity index (χ1v) is 7.48. The molecule has 0 aliphatic carbocycles. The van der Waals surface area contributed by atoms with Crippen molar-refractivity contribution in [1.82, 2.24) is 4.98 Å². The maximum absolute atomic E-state index is 11.3. The average Bonchev–Trinajstić information content (AvgIpc) is 2.90. The molecular weight excluding hydrogens is 288 g/mol. The molecule has 0 fully saturated rings. The maximum Gasteiger partial charge on any atom is 0.347 e. The molecule has 1 aromatic heterocycles. The van der Waals surface area contributed by atoms with Crippen LogP contribution < -0.4 is 4.90 Å². The lowest BCUT2D eigenvalue weighted by Crippen LogP contribution is -2.21. The second kappa shape index (κ2) is 7.19. The lowest BCUT2D eigenvalue weighted by atomic mass is 10.2. The summed E-state index contributed by atoms with van der Waals surface area (Å²) in [5.74, 6) is -0.957. The van der Waals surface area contributed by atoms with Gasteiger partial charge in [0, 0.05) is 20.2 Å². The Morgan fingerprint density at radius 3 is 2.67 bits per heavy atom. The van der Waals surface area contributed by atoms with Crippen LogP contribution in [0.1, 0.15) is 27.9 Å². The van der Waals surface area contributed by atoms with Crippen LogP contribution in [-0.4, -0.2) is 29.7 Å². The number of aromatic nitrogens is 1. The minimum atomic E-state index is -0.957. The van der Waals surface area contributed by atoms with E-state index in [1.807, 2.05) is 37.3 Å². The van der Waals surface area contributed by atoms with Crippen molar-refractivity contribution in [3.63, 3.8) is 0 Å². The van der Waals surface area contributed by atoms with E-state index >= 15 is 0 Å². The highest BCUT2D eigenvalue weighted by Gasteiger charge is 2.20. The molecule has 21 heavy (non-hydrogen) atoms. The Balaban J connectivity index is 2.25. The van der Waals surface area contributed by atoms with Gasteiger partial charge in [0.05, 0.1) is 12.3 Å². The van der Waals surface area contributed by atoms with E-state index in [9.17, 15) is 9.90 Å². The molecule has 0 saturated carbocycles. The Morgan fingerprint density at radius 2 is 2.10 bits per heavy atom. The van der Waals surface area contributed by atoms with Crippen LogP contribution in [0, 0.1) is 0 Å². The van der Waals surface area contributed by atoms with Crippen molar-refractivity contribution in [2.45, 2.75) is 20.1 Å². The molecule has 0 atom stereocenters. The molecule has 0 aliphatic rings. The number of hydrogen-bond acceptors (Lipinski definition) is 5. The molecule has 2 aromatic rings. The number of thiazole rings is 1. The molecule has 0 amide bonds. The van der Waals surface area contributed by atoms with E-state index < -0.39 is 5.97 Å². The van der Waals surface area contributed by atoms with Crippen LogP contribution in [0.25, 0.3) is 0 Å². The molecule has 1 N–H and O–H groups in total. The summed E-state index contributed by atoms with van der Waals surface area (Å²) in [6, 6.07) is 10.0. The van der Waals surface area contributed by atoms with Crippen LogP contribution in [0.15, 0.2) is 30.3 Å². The van der Waals surface area contributed by atoms with E-state index in [2.05, 4.69) is 9.88 Å². The summed E-state index contributed by atoms with van der Waals surface area (Å²) < 4.78 is 5.03. The van der Waals surface area contributed by atoms with Crippen LogP contribution in [0.2, 0.25) is 0 Å². The topological polar surface area (TPSA) is 62.7 Å². The van der Waals surface area contributed by atoms with Crippen LogP contribution in [0.4, 0.5) is 5.13 Å². The zero-order valence-electron chi connectivity index (χ0n) is 12.1. The minimum absolute atomic E-state index is 0.209. The van der Waals surface area contributed by atoms with Gasteiger partial charge in [-0.3, -0.25) is 0 Å². The summed E-state index contributed by atoms with van der Waals surface area (Å²) in [5.41, 5.74) is 1.65. The molecule has 0 aliphatic heterocycles. The first kappa shape index (κ1) is 15.5. The third-order valence-electron chi connectivity index (χ3n) is 3.03.